The number of anilines is 1. The third-order valence-corrected chi connectivity index (χ3v) is 3.73. The molecule has 0 aromatic heterocycles. The summed E-state index contributed by atoms with van der Waals surface area (Å²) in [6, 6.07) is 5.85. The zero-order valence-corrected chi connectivity index (χ0v) is 13.9. The number of morpholine rings is 1. The van der Waals surface area contributed by atoms with Gasteiger partial charge in [0.15, 0.2) is 0 Å². The number of hydrogen-bond donors (Lipinski definition) is 0. The van der Waals surface area contributed by atoms with Gasteiger partial charge in [0.05, 0.1) is 26.9 Å². The summed E-state index contributed by atoms with van der Waals surface area (Å²) in [6.45, 7) is 5.61. The minimum Gasteiger partial charge on any atom is -0.497 e. The molecule has 1 aliphatic rings. The highest BCUT2D eigenvalue weighted by Crippen LogP contribution is 2.28. The number of unbranched alkanes of at least 4 members (excludes halogenated alkanes) is 1. The maximum absolute atomic E-state index is 11.7. The molecule has 0 atom stereocenters. The summed E-state index contributed by atoms with van der Waals surface area (Å²) in [5, 5.41) is 0. The van der Waals surface area contributed by atoms with E-state index < -0.39 is 0 Å². The fourth-order valence-electron chi connectivity index (χ4n) is 2.39. The van der Waals surface area contributed by atoms with Crippen LogP contribution in [0.25, 0.3) is 6.08 Å². The summed E-state index contributed by atoms with van der Waals surface area (Å²) in [5.74, 6) is 0.497. The van der Waals surface area contributed by atoms with Crippen LogP contribution >= 0.6 is 0 Å². The Labute approximate surface area is 137 Å². The second-order valence-corrected chi connectivity index (χ2v) is 5.38. The lowest BCUT2D eigenvalue weighted by Gasteiger charge is -2.30. The van der Waals surface area contributed by atoms with E-state index in [9.17, 15) is 4.79 Å². The molecule has 1 aliphatic heterocycles. The van der Waals surface area contributed by atoms with Crippen LogP contribution in [-0.4, -0.2) is 46.0 Å². The van der Waals surface area contributed by atoms with Crippen LogP contribution in [-0.2, 0) is 14.3 Å². The number of benzene rings is 1. The predicted octanol–water partition coefficient (Wildman–Crippen LogP) is 2.89. The van der Waals surface area contributed by atoms with Crippen molar-refractivity contribution >= 4 is 17.7 Å². The number of hydrogen-bond acceptors (Lipinski definition) is 5. The van der Waals surface area contributed by atoms with Crippen LogP contribution in [0.5, 0.6) is 5.75 Å². The van der Waals surface area contributed by atoms with Crippen LogP contribution in [0.1, 0.15) is 25.3 Å². The quantitative estimate of drug-likeness (QED) is 0.439. The van der Waals surface area contributed by atoms with Crippen molar-refractivity contribution in [3.05, 3.63) is 29.8 Å². The molecular weight excluding hydrogens is 294 g/mol. The zero-order chi connectivity index (χ0) is 16.5. The van der Waals surface area contributed by atoms with E-state index in [4.69, 9.17) is 14.2 Å². The molecule has 0 aliphatic carbocycles. The molecule has 23 heavy (non-hydrogen) atoms. The molecule has 1 saturated heterocycles. The summed E-state index contributed by atoms with van der Waals surface area (Å²) in [4.78, 5) is 14.0. The highest BCUT2D eigenvalue weighted by Gasteiger charge is 2.15. The predicted molar refractivity (Wildman–Crippen MR) is 90.9 cm³/mol. The molecule has 126 valence electrons. The molecule has 1 aromatic carbocycles. The van der Waals surface area contributed by atoms with Gasteiger partial charge in [0.2, 0.25) is 0 Å². The molecule has 0 radical (unpaired) electrons. The van der Waals surface area contributed by atoms with Crippen LogP contribution in [0.4, 0.5) is 5.69 Å². The van der Waals surface area contributed by atoms with Gasteiger partial charge in [-0.05, 0) is 30.2 Å². The van der Waals surface area contributed by atoms with Gasteiger partial charge >= 0.3 is 5.97 Å². The number of rotatable bonds is 7. The Morgan fingerprint density at radius 1 is 1.35 bits per heavy atom. The molecule has 0 bridgehead atoms. The maximum Gasteiger partial charge on any atom is 0.330 e. The summed E-state index contributed by atoms with van der Waals surface area (Å²) >= 11 is 0. The number of ether oxygens (including phenoxy) is 3. The molecule has 1 heterocycles. The van der Waals surface area contributed by atoms with Gasteiger partial charge in [0.1, 0.15) is 5.75 Å². The summed E-state index contributed by atoms with van der Waals surface area (Å²) in [7, 11) is 1.65. The molecule has 0 unspecified atom stereocenters. The first-order valence-electron chi connectivity index (χ1n) is 8.10. The lowest BCUT2D eigenvalue weighted by Crippen LogP contribution is -2.36. The van der Waals surface area contributed by atoms with E-state index >= 15 is 0 Å². The number of carbonyl (C=O) groups is 1. The molecule has 0 N–H and O–H groups in total. The smallest absolute Gasteiger partial charge is 0.330 e. The second-order valence-electron chi connectivity index (χ2n) is 5.38. The van der Waals surface area contributed by atoms with Gasteiger partial charge in [0.25, 0.3) is 0 Å². The van der Waals surface area contributed by atoms with Gasteiger partial charge in [-0.3, -0.25) is 0 Å². The fourth-order valence-corrected chi connectivity index (χ4v) is 2.39. The van der Waals surface area contributed by atoms with Crippen molar-refractivity contribution in [2.75, 3.05) is 44.9 Å². The van der Waals surface area contributed by atoms with Crippen molar-refractivity contribution in [3.63, 3.8) is 0 Å². The molecule has 1 fully saturated rings. The molecule has 0 amide bonds. The molecule has 0 spiro atoms. The van der Waals surface area contributed by atoms with Crippen molar-refractivity contribution in [3.8, 4) is 5.75 Å². The monoisotopic (exact) mass is 319 g/mol. The standard InChI is InChI=1S/C18H25NO4/c1-3-4-11-23-18(20)8-6-15-5-7-16(21-2)14-17(15)19-9-12-22-13-10-19/h5-8,14H,3-4,9-13H2,1-2H3/b8-6+. The SMILES string of the molecule is CCCCOC(=O)/C=C/c1ccc(OC)cc1N1CCOCC1. The molecule has 5 heteroatoms. The van der Waals surface area contributed by atoms with E-state index in [-0.39, 0.29) is 5.97 Å². The van der Waals surface area contributed by atoms with Gasteiger partial charge in [-0.25, -0.2) is 4.79 Å². The van der Waals surface area contributed by atoms with Crippen molar-refractivity contribution in [2.24, 2.45) is 0 Å². The number of carbonyl (C=O) groups excluding carboxylic acids is 1. The van der Waals surface area contributed by atoms with Gasteiger partial charge < -0.3 is 19.1 Å². The van der Waals surface area contributed by atoms with E-state index in [2.05, 4.69) is 11.8 Å². The van der Waals surface area contributed by atoms with Crippen LogP contribution in [0.3, 0.4) is 0 Å². The number of methoxy groups -OCH3 is 1. The van der Waals surface area contributed by atoms with Crippen LogP contribution in [0.2, 0.25) is 0 Å². The Bertz CT molecular complexity index is 536. The van der Waals surface area contributed by atoms with Crippen molar-refractivity contribution in [2.45, 2.75) is 19.8 Å². The normalized spacial score (nSPS) is 15.0. The van der Waals surface area contributed by atoms with E-state index in [0.717, 1.165) is 42.9 Å². The zero-order valence-electron chi connectivity index (χ0n) is 13.9. The Balaban J connectivity index is 2.11. The van der Waals surface area contributed by atoms with Crippen molar-refractivity contribution in [1.82, 2.24) is 0 Å². The molecule has 5 nitrogen and oxygen atoms in total. The van der Waals surface area contributed by atoms with E-state index in [1.807, 2.05) is 18.2 Å². The summed E-state index contributed by atoms with van der Waals surface area (Å²) < 4.78 is 15.9. The fraction of sp³-hybridized carbons (Fsp3) is 0.500. The molecule has 1 aromatic rings. The molecular formula is C18H25NO4. The largest absolute Gasteiger partial charge is 0.497 e. The Morgan fingerprint density at radius 3 is 2.83 bits per heavy atom. The first kappa shape index (κ1) is 17.3. The van der Waals surface area contributed by atoms with Gasteiger partial charge in [-0.15, -0.1) is 0 Å². The topological polar surface area (TPSA) is 48.0 Å². The van der Waals surface area contributed by atoms with Gasteiger partial charge in [-0.2, -0.15) is 0 Å². The van der Waals surface area contributed by atoms with Crippen molar-refractivity contribution < 1.29 is 19.0 Å². The third kappa shape index (κ3) is 5.28. The lowest BCUT2D eigenvalue weighted by molar-refractivity contribution is -0.137. The van der Waals surface area contributed by atoms with E-state index in [1.165, 1.54) is 6.08 Å². The molecule has 0 saturated carbocycles. The Morgan fingerprint density at radius 2 is 2.13 bits per heavy atom. The average Bonchev–Trinajstić information content (AvgIpc) is 2.61. The highest BCUT2D eigenvalue weighted by atomic mass is 16.5. The minimum absolute atomic E-state index is 0.304. The van der Waals surface area contributed by atoms with E-state index in [0.29, 0.717) is 19.8 Å². The summed E-state index contributed by atoms with van der Waals surface area (Å²) in [5.41, 5.74) is 2.02. The number of nitrogens with zero attached hydrogens (tertiary/aromatic N) is 1. The Kier molecular flexibility index (Phi) is 6.94. The average molecular weight is 319 g/mol. The van der Waals surface area contributed by atoms with Crippen molar-refractivity contribution in [1.29, 1.82) is 0 Å². The van der Waals surface area contributed by atoms with Gasteiger partial charge in [0, 0.05) is 30.9 Å². The number of esters is 1. The van der Waals surface area contributed by atoms with E-state index in [1.54, 1.807) is 13.2 Å². The van der Waals surface area contributed by atoms with Gasteiger partial charge in [-0.1, -0.05) is 13.3 Å². The minimum atomic E-state index is -0.304. The maximum atomic E-state index is 11.7. The summed E-state index contributed by atoms with van der Waals surface area (Å²) in [6.07, 6.45) is 5.19. The Hall–Kier alpha value is -2.01. The molecule has 2 rings (SSSR count). The highest BCUT2D eigenvalue weighted by molar-refractivity contribution is 5.88. The first-order chi connectivity index (χ1) is 11.2. The first-order valence-corrected chi connectivity index (χ1v) is 8.10. The van der Waals surface area contributed by atoms with Crippen LogP contribution in [0, 0.1) is 0 Å². The van der Waals surface area contributed by atoms with Crippen LogP contribution < -0.4 is 9.64 Å². The third-order valence-electron chi connectivity index (χ3n) is 3.73. The second kappa shape index (κ2) is 9.20. The van der Waals surface area contributed by atoms with Crippen LogP contribution in [0.15, 0.2) is 24.3 Å². The lowest BCUT2D eigenvalue weighted by atomic mass is 10.1.